The monoisotopic (exact) mass is 433 g/mol. The molecule has 0 aliphatic carbocycles. The van der Waals surface area contributed by atoms with Crippen molar-refractivity contribution < 1.29 is 4.79 Å². The SMILES string of the molecule is Cl.Cl.O=C(Cc1csc(-c2ccccc2Cl)n1)NC1CC2CCC(C1)N2. The van der Waals surface area contributed by atoms with Gasteiger partial charge in [-0.3, -0.25) is 4.79 Å². The van der Waals surface area contributed by atoms with Crippen molar-refractivity contribution >= 4 is 53.7 Å². The number of rotatable bonds is 4. The second-order valence-electron chi connectivity index (χ2n) is 6.67. The Labute approximate surface area is 174 Å². The molecule has 2 unspecified atom stereocenters. The van der Waals surface area contributed by atoms with E-state index in [4.69, 9.17) is 11.6 Å². The molecule has 2 fully saturated rings. The molecule has 1 amide bonds. The van der Waals surface area contributed by atoms with Crippen LogP contribution in [-0.4, -0.2) is 29.0 Å². The molecule has 4 rings (SSSR count). The molecule has 1 aromatic heterocycles. The lowest BCUT2D eigenvalue weighted by Gasteiger charge is -2.29. The lowest BCUT2D eigenvalue weighted by atomic mass is 9.99. The highest BCUT2D eigenvalue weighted by molar-refractivity contribution is 7.13. The number of carbonyl (C=O) groups excluding carboxylic acids is 1. The number of benzene rings is 1. The quantitative estimate of drug-likeness (QED) is 0.756. The fraction of sp³-hybridized carbons (Fsp3) is 0.444. The topological polar surface area (TPSA) is 54.0 Å². The Bertz CT molecular complexity index is 743. The van der Waals surface area contributed by atoms with Crippen LogP contribution in [0.1, 0.15) is 31.4 Å². The van der Waals surface area contributed by atoms with E-state index in [1.165, 1.54) is 24.2 Å². The van der Waals surface area contributed by atoms with Gasteiger partial charge in [0.1, 0.15) is 5.01 Å². The molecule has 2 atom stereocenters. The van der Waals surface area contributed by atoms with Gasteiger partial charge < -0.3 is 10.6 Å². The van der Waals surface area contributed by atoms with E-state index >= 15 is 0 Å². The van der Waals surface area contributed by atoms with Gasteiger partial charge in [-0.15, -0.1) is 36.2 Å². The van der Waals surface area contributed by atoms with Gasteiger partial charge in [0.2, 0.25) is 5.91 Å². The first kappa shape index (κ1) is 21.5. The van der Waals surface area contributed by atoms with E-state index < -0.39 is 0 Å². The zero-order chi connectivity index (χ0) is 16.5. The first-order valence-corrected chi connectivity index (χ1v) is 9.68. The number of halogens is 3. The number of thiazole rings is 1. The van der Waals surface area contributed by atoms with Crippen LogP contribution in [0.25, 0.3) is 10.6 Å². The minimum absolute atomic E-state index is 0. The minimum Gasteiger partial charge on any atom is -0.353 e. The molecule has 2 aliphatic rings. The van der Waals surface area contributed by atoms with Crippen LogP contribution in [0.2, 0.25) is 5.02 Å². The molecule has 1 aromatic carbocycles. The Morgan fingerprint density at radius 3 is 2.62 bits per heavy atom. The van der Waals surface area contributed by atoms with E-state index in [2.05, 4.69) is 15.6 Å². The molecule has 2 aliphatic heterocycles. The summed E-state index contributed by atoms with van der Waals surface area (Å²) in [5.41, 5.74) is 1.73. The lowest BCUT2D eigenvalue weighted by molar-refractivity contribution is -0.121. The fourth-order valence-corrected chi connectivity index (χ4v) is 4.90. The molecule has 2 bridgehead atoms. The van der Waals surface area contributed by atoms with Crippen molar-refractivity contribution in [2.45, 2.75) is 50.2 Å². The van der Waals surface area contributed by atoms with Crippen LogP contribution in [0.15, 0.2) is 29.6 Å². The first-order valence-electron chi connectivity index (χ1n) is 8.42. The summed E-state index contributed by atoms with van der Waals surface area (Å²) in [4.78, 5) is 16.9. The van der Waals surface area contributed by atoms with Gasteiger partial charge in [0, 0.05) is 29.1 Å². The van der Waals surface area contributed by atoms with Crippen molar-refractivity contribution in [2.24, 2.45) is 0 Å². The maximum Gasteiger partial charge on any atom is 0.226 e. The van der Waals surface area contributed by atoms with E-state index in [1.807, 2.05) is 29.6 Å². The first-order chi connectivity index (χ1) is 11.7. The summed E-state index contributed by atoms with van der Waals surface area (Å²) in [7, 11) is 0. The number of aromatic nitrogens is 1. The molecule has 0 spiro atoms. The third kappa shape index (κ3) is 4.90. The Morgan fingerprint density at radius 1 is 1.23 bits per heavy atom. The minimum atomic E-state index is 0. The summed E-state index contributed by atoms with van der Waals surface area (Å²) >= 11 is 7.75. The highest BCUT2D eigenvalue weighted by Crippen LogP contribution is 2.30. The summed E-state index contributed by atoms with van der Waals surface area (Å²) in [6, 6.07) is 9.13. The van der Waals surface area contributed by atoms with E-state index in [-0.39, 0.29) is 30.7 Å². The fourth-order valence-electron chi connectivity index (χ4n) is 3.76. The normalized spacial score (nSPS) is 23.7. The predicted octanol–water partition coefficient (Wildman–Crippen LogP) is 4.25. The maximum absolute atomic E-state index is 12.3. The molecule has 0 saturated carbocycles. The summed E-state index contributed by atoms with van der Waals surface area (Å²) < 4.78 is 0. The Morgan fingerprint density at radius 2 is 1.92 bits per heavy atom. The molecule has 142 valence electrons. The Hall–Kier alpha value is -0.850. The molecular weight excluding hydrogens is 413 g/mol. The zero-order valence-electron chi connectivity index (χ0n) is 14.1. The van der Waals surface area contributed by atoms with Gasteiger partial charge >= 0.3 is 0 Å². The van der Waals surface area contributed by atoms with Crippen molar-refractivity contribution in [3.8, 4) is 10.6 Å². The number of nitrogens with zero attached hydrogens (tertiary/aromatic N) is 1. The number of carbonyl (C=O) groups is 1. The van der Waals surface area contributed by atoms with Crippen LogP contribution in [0, 0.1) is 0 Å². The van der Waals surface area contributed by atoms with Crippen LogP contribution in [0.4, 0.5) is 0 Å². The zero-order valence-corrected chi connectivity index (χ0v) is 17.3. The van der Waals surface area contributed by atoms with Crippen LogP contribution < -0.4 is 10.6 Å². The number of hydrogen-bond donors (Lipinski definition) is 2. The van der Waals surface area contributed by atoms with Crippen LogP contribution in [0.5, 0.6) is 0 Å². The van der Waals surface area contributed by atoms with Crippen molar-refractivity contribution in [2.75, 3.05) is 0 Å². The number of piperidine rings is 1. The molecule has 2 saturated heterocycles. The third-order valence-corrected chi connectivity index (χ3v) is 6.09. The number of nitrogens with one attached hydrogen (secondary N) is 2. The van der Waals surface area contributed by atoms with Gasteiger partial charge in [-0.25, -0.2) is 4.98 Å². The number of fused-ring (bicyclic) bond motifs is 2. The van der Waals surface area contributed by atoms with Crippen LogP contribution >= 0.6 is 47.8 Å². The molecule has 4 nitrogen and oxygen atoms in total. The van der Waals surface area contributed by atoms with E-state index in [0.717, 1.165) is 29.1 Å². The van der Waals surface area contributed by atoms with E-state index in [0.29, 0.717) is 29.6 Å². The smallest absolute Gasteiger partial charge is 0.226 e. The van der Waals surface area contributed by atoms with Crippen molar-refractivity contribution in [1.29, 1.82) is 0 Å². The third-order valence-electron chi connectivity index (χ3n) is 4.84. The van der Waals surface area contributed by atoms with Gasteiger partial charge in [-0.05, 0) is 31.7 Å². The number of amides is 1. The second kappa shape index (κ2) is 9.38. The van der Waals surface area contributed by atoms with Crippen molar-refractivity contribution in [3.05, 3.63) is 40.4 Å². The summed E-state index contributed by atoms with van der Waals surface area (Å²) in [5.74, 6) is 0.0670. The van der Waals surface area contributed by atoms with Gasteiger partial charge in [0.15, 0.2) is 0 Å². The average Bonchev–Trinajstić information content (AvgIpc) is 3.14. The Kier molecular flexibility index (Phi) is 7.74. The van der Waals surface area contributed by atoms with Gasteiger partial charge in [0.25, 0.3) is 0 Å². The largest absolute Gasteiger partial charge is 0.353 e. The molecule has 2 N–H and O–H groups in total. The van der Waals surface area contributed by atoms with Gasteiger partial charge in [-0.2, -0.15) is 0 Å². The molecule has 2 aromatic rings. The molecule has 26 heavy (non-hydrogen) atoms. The van der Waals surface area contributed by atoms with Gasteiger partial charge in [-0.1, -0.05) is 29.8 Å². The highest BCUT2D eigenvalue weighted by Gasteiger charge is 2.33. The second-order valence-corrected chi connectivity index (χ2v) is 7.94. The summed E-state index contributed by atoms with van der Waals surface area (Å²) in [6.07, 6.45) is 4.91. The standard InChI is InChI=1S/C18H20ClN3OS.2ClH/c19-16-4-2-1-3-15(16)18-22-14(10-24-18)9-17(23)21-13-7-11-5-6-12(8-13)20-11;;/h1-4,10-13,20H,5-9H2,(H,21,23);2*1H. The van der Waals surface area contributed by atoms with Crippen LogP contribution in [-0.2, 0) is 11.2 Å². The predicted molar refractivity (Wildman–Crippen MR) is 112 cm³/mol. The molecule has 8 heteroatoms. The van der Waals surface area contributed by atoms with E-state index in [1.54, 1.807) is 0 Å². The van der Waals surface area contributed by atoms with E-state index in [9.17, 15) is 4.79 Å². The summed E-state index contributed by atoms with van der Waals surface area (Å²) in [5, 5.41) is 10.3. The maximum atomic E-state index is 12.3. The molecule has 3 heterocycles. The van der Waals surface area contributed by atoms with Gasteiger partial charge in [0.05, 0.1) is 17.1 Å². The highest BCUT2D eigenvalue weighted by atomic mass is 35.5. The van der Waals surface area contributed by atoms with Crippen molar-refractivity contribution in [3.63, 3.8) is 0 Å². The number of hydrogen-bond acceptors (Lipinski definition) is 4. The lowest BCUT2D eigenvalue weighted by Crippen LogP contribution is -2.48. The summed E-state index contributed by atoms with van der Waals surface area (Å²) in [6.45, 7) is 0. The van der Waals surface area contributed by atoms with Crippen LogP contribution in [0.3, 0.4) is 0 Å². The molecule has 0 radical (unpaired) electrons. The Balaban J connectivity index is 0.00000121. The average molecular weight is 435 g/mol. The van der Waals surface area contributed by atoms with Crippen molar-refractivity contribution in [1.82, 2.24) is 15.6 Å². The molecular formula is C18H22Cl3N3OS.